The van der Waals surface area contributed by atoms with Crippen LogP contribution in [0.3, 0.4) is 0 Å². The zero-order chi connectivity index (χ0) is 13.8. The number of hydrogen-bond donors (Lipinski definition) is 1. The Balaban J connectivity index is 1.82. The molecular formula is C15H26N4S. The van der Waals surface area contributed by atoms with Crippen LogP contribution in [0.5, 0.6) is 0 Å². The second kappa shape index (κ2) is 6.74. The molecule has 0 spiro atoms. The molecule has 0 atom stereocenters. The summed E-state index contributed by atoms with van der Waals surface area (Å²) in [5.74, 6) is 1.10. The first kappa shape index (κ1) is 14.1. The van der Waals surface area contributed by atoms with E-state index in [0.717, 1.165) is 23.8 Å². The number of rotatable bonds is 2. The summed E-state index contributed by atoms with van der Waals surface area (Å²) in [6.07, 6.45) is 13.2. The van der Waals surface area contributed by atoms with E-state index in [4.69, 9.17) is 12.2 Å². The van der Waals surface area contributed by atoms with Crippen molar-refractivity contribution in [3.63, 3.8) is 0 Å². The van der Waals surface area contributed by atoms with E-state index in [1.54, 1.807) is 0 Å². The molecule has 1 aromatic heterocycles. The fourth-order valence-electron chi connectivity index (χ4n) is 3.64. The first-order chi connectivity index (χ1) is 9.86. The Morgan fingerprint density at radius 3 is 2.20 bits per heavy atom. The summed E-state index contributed by atoms with van der Waals surface area (Å²) in [5.41, 5.74) is 0. The largest absolute Gasteiger partial charge is 0.341 e. The third kappa shape index (κ3) is 3.08. The van der Waals surface area contributed by atoms with E-state index in [9.17, 15) is 0 Å². The molecule has 0 amide bonds. The number of H-pyrrole nitrogens is 1. The molecule has 1 aromatic rings. The van der Waals surface area contributed by atoms with Crippen molar-refractivity contribution in [1.29, 1.82) is 0 Å². The molecule has 112 valence electrons. The third-order valence-corrected chi connectivity index (χ3v) is 5.05. The minimum absolute atomic E-state index is 0.565. The van der Waals surface area contributed by atoms with Gasteiger partial charge in [-0.15, -0.1) is 5.10 Å². The molecule has 1 N–H and O–H groups in total. The van der Waals surface area contributed by atoms with Gasteiger partial charge in [-0.25, -0.2) is 5.10 Å². The van der Waals surface area contributed by atoms with E-state index in [1.165, 1.54) is 64.2 Å². The van der Waals surface area contributed by atoms with Crippen LogP contribution in [0.1, 0.15) is 70.3 Å². The van der Waals surface area contributed by atoms with Crippen molar-refractivity contribution in [3.8, 4) is 0 Å². The summed E-state index contributed by atoms with van der Waals surface area (Å²) in [4.78, 5) is 2.46. The Hall–Kier alpha value is -0.840. The van der Waals surface area contributed by atoms with Crippen LogP contribution in [0.2, 0.25) is 0 Å². The lowest BCUT2D eigenvalue weighted by atomic mass is 9.95. The SMILES string of the molecule is S=c1[nH]nc(N2CCCCCCC2)n1C1CCCCC1. The molecule has 20 heavy (non-hydrogen) atoms. The highest BCUT2D eigenvalue weighted by Gasteiger charge is 2.23. The number of nitrogens with one attached hydrogen (secondary N) is 1. The molecule has 2 fully saturated rings. The van der Waals surface area contributed by atoms with Gasteiger partial charge in [-0.2, -0.15) is 0 Å². The highest BCUT2D eigenvalue weighted by atomic mass is 32.1. The van der Waals surface area contributed by atoms with E-state index < -0.39 is 0 Å². The van der Waals surface area contributed by atoms with Crippen LogP contribution >= 0.6 is 12.2 Å². The Bertz CT molecular complexity index is 464. The molecule has 5 heteroatoms. The van der Waals surface area contributed by atoms with E-state index >= 15 is 0 Å². The van der Waals surface area contributed by atoms with Crippen molar-refractivity contribution in [2.75, 3.05) is 18.0 Å². The van der Waals surface area contributed by atoms with Gasteiger partial charge in [0.05, 0.1) is 0 Å². The Labute approximate surface area is 126 Å². The van der Waals surface area contributed by atoms with Gasteiger partial charge in [-0.3, -0.25) is 4.57 Å². The highest BCUT2D eigenvalue weighted by Crippen LogP contribution is 2.31. The van der Waals surface area contributed by atoms with Crippen molar-refractivity contribution >= 4 is 18.2 Å². The third-order valence-electron chi connectivity index (χ3n) is 4.76. The zero-order valence-electron chi connectivity index (χ0n) is 12.3. The summed E-state index contributed by atoms with van der Waals surface area (Å²) in [7, 11) is 0. The van der Waals surface area contributed by atoms with Gasteiger partial charge in [-0.1, -0.05) is 38.5 Å². The van der Waals surface area contributed by atoms with E-state index in [2.05, 4.69) is 19.7 Å². The van der Waals surface area contributed by atoms with Crippen molar-refractivity contribution in [1.82, 2.24) is 14.8 Å². The van der Waals surface area contributed by atoms with Crippen LogP contribution in [0.15, 0.2) is 0 Å². The normalized spacial score (nSPS) is 22.5. The zero-order valence-corrected chi connectivity index (χ0v) is 13.1. The van der Waals surface area contributed by atoms with Crippen LogP contribution in [-0.4, -0.2) is 27.9 Å². The average Bonchev–Trinajstić information content (AvgIpc) is 2.81. The van der Waals surface area contributed by atoms with Gasteiger partial charge >= 0.3 is 0 Å². The van der Waals surface area contributed by atoms with Gasteiger partial charge in [0.15, 0.2) is 4.77 Å². The summed E-state index contributed by atoms with van der Waals surface area (Å²) in [6.45, 7) is 2.26. The number of aromatic nitrogens is 3. The van der Waals surface area contributed by atoms with Crippen molar-refractivity contribution < 1.29 is 0 Å². The Kier molecular flexibility index (Phi) is 4.76. The minimum Gasteiger partial charge on any atom is -0.341 e. The fraction of sp³-hybridized carbons (Fsp3) is 0.867. The lowest BCUT2D eigenvalue weighted by Crippen LogP contribution is -2.31. The first-order valence-electron chi connectivity index (χ1n) is 8.28. The maximum Gasteiger partial charge on any atom is 0.225 e. The van der Waals surface area contributed by atoms with Crippen molar-refractivity contribution in [2.24, 2.45) is 0 Å². The van der Waals surface area contributed by atoms with Gasteiger partial charge in [0.25, 0.3) is 0 Å². The van der Waals surface area contributed by atoms with Crippen LogP contribution in [0, 0.1) is 4.77 Å². The smallest absolute Gasteiger partial charge is 0.225 e. The quantitative estimate of drug-likeness (QED) is 0.830. The molecule has 1 aliphatic heterocycles. The summed E-state index contributed by atoms with van der Waals surface area (Å²) in [5, 5.41) is 7.60. The van der Waals surface area contributed by atoms with Gasteiger partial charge in [-0.05, 0) is 37.9 Å². The number of hydrogen-bond acceptors (Lipinski definition) is 3. The number of anilines is 1. The number of aromatic amines is 1. The summed E-state index contributed by atoms with van der Waals surface area (Å²) in [6, 6.07) is 0.565. The average molecular weight is 294 g/mol. The molecule has 3 rings (SSSR count). The first-order valence-corrected chi connectivity index (χ1v) is 8.69. The maximum atomic E-state index is 5.50. The minimum atomic E-state index is 0.565. The van der Waals surface area contributed by atoms with Gasteiger partial charge in [0, 0.05) is 19.1 Å². The number of nitrogens with zero attached hydrogens (tertiary/aromatic N) is 3. The second-order valence-corrected chi connectivity index (χ2v) is 6.63. The van der Waals surface area contributed by atoms with Crippen LogP contribution in [-0.2, 0) is 0 Å². The van der Waals surface area contributed by atoms with Crippen LogP contribution < -0.4 is 4.90 Å². The van der Waals surface area contributed by atoms with Crippen LogP contribution in [0.4, 0.5) is 5.95 Å². The van der Waals surface area contributed by atoms with E-state index in [0.29, 0.717) is 6.04 Å². The molecule has 1 saturated carbocycles. The predicted molar refractivity (Wildman–Crippen MR) is 84.8 cm³/mol. The topological polar surface area (TPSA) is 36.9 Å². The van der Waals surface area contributed by atoms with Gasteiger partial charge in [0.1, 0.15) is 0 Å². The van der Waals surface area contributed by atoms with Crippen molar-refractivity contribution in [2.45, 2.75) is 70.3 Å². The molecular weight excluding hydrogens is 268 g/mol. The van der Waals surface area contributed by atoms with Crippen LogP contribution in [0.25, 0.3) is 0 Å². The molecule has 2 heterocycles. The van der Waals surface area contributed by atoms with Gasteiger partial charge < -0.3 is 4.90 Å². The maximum absolute atomic E-state index is 5.50. The van der Waals surface area contributed by atoms with E-state index in [1.807, 2.05) is 0 Å². The fourth-order valence-corrected chi connectivity index (χ4v) is 3.91. The van der Waals surface area contributed by atoms with Gasteiger partial charge in [0.2, 0.25) is 5.95 Å². The molecule has 2 aliphatic rings. The molecule has 0 bridgehead atoms. The molecule has 4 nitrogen and oxygen atoms in total. The monoisotopic (exact) mass is 294 g/mol. The van der Waals surface area contributed by atoms with E-state index in [-0.39, 0.29) is 0 Å². The molecule has 0 aromatic carbocycles. The standard InChI is InChI=1S/C15H26N4S/c20-15-17-16-14(18-11-7-2-1-3-8-12-18)19(15)13-9-5-4-6-10-13/h13H,1-12H2,(H,17,20). The Morgan fingerprint density at radius 1 is 0.900 bits per heavy atom. The molecule has 1 aliphatic carbocycles. The second-order valence-electron chi connectivity index (χ2n) is 6.25. The summed E-state index contributed by atoms with van der Waals surface area (Å²) < 4.78 is 3.13. The molecule has 0 radical (unpaired) electrons. The highest BCUT2D eigenvalue weighted by molar-refractivity contribution is 7.71. The molecule has 0 unspecified atom stereocenters. The molecule has 1 saturated heterocycles. The predicted octanol–water partition coefficient (Wildman–Crippen LogP) is 4.22. The summed E-state index contributed by atoms with van der Waals surface area (Å²) >= 11 is 5.50. The van der Waals surface area contributed by atoms with Crippen molar-refractivity contribution in [3.05, 3.63) is 4.77 Å². The Morgan fingerprint density at radius 2 is 1.50 bits per heavy atom. The lowest BCUT2D eigenvalue weighted by Gasteiger charge is -2.30. The lowest BCUT2D eigenvalue weighted by molar-refractivity contribution is 0.349.